The van der Waals surface area contributed by atoms with Crippen LogP contribution in [0.15, 0.2) is 34.9 Å². The van der Waals surface area contributed by atoms with Gasteiger partial charge in [0.15, 0.2) is 6.10 Å². The van der Waals surface area contributed by atoms with Crippen LogP contribution in [0.3, 0.4) is 0 Å². The van der Waals surface area contributed by atoms with Crippen molar-refractivity contribution in [2.24, 2.45) is 0 Å². The molecule has 0 aliphatic carbocycles. The highest BCUT2D eigenvalue weighted by molar-refractivity contribution is 9.10. The highest BCUT2D eigenvalue weighted by Gasteiger charge is 2.15. The second-order valence-electron chi connectivity index (χ2n) is 4.74. The number of rotatable bonds is 7. The first-order chi connectivity index (χ1) is 10.9. The van der Waals surface area contributed by atoms with E-state index in [-0.39, 0.29) is 19.0 Å². The van der Waals surface area contributed by atoms with Crippen LogP contribution in [-0.4, -0.2) is 38.1 Å². The molecule has 1 amide bonds. The zero-order chi connectivity index (χ0) is 16.8. The quantitative estimate of drug-likeness (QED) is 0.745. The molecule has 0 spiro atoms. The van der Waals surface area contributed by atoms with Crippen molar-refractivity contribution in [3.8, 4) is 5.75 Å². The van der Waals surface area contributed by atoms with Crippen LogP contribution in [0.5, 0.6) is 5.75 Å². The van der Waals surface area contributed by atoms with E-state index in [1.54, 1.807) is 19.1 Å². The minimum Gasteiger partial charge on any atom is -0.481 e. The summed E-state index contributed by atoms with van der Waals surface area (Å²) >= 11 is 3.33. The molecule has 8 nitrogen and oxygen atoms in total. The van der Waals surface area contributed by atoms with Crippen molar-refractivity contribution in [1.29, 1.82) is 0 Å². The molecule has 0 radical (unpaired) electrons. The standard InChI is InChI=1S/C14H15BrN4O4/c1-9(23-12-4-2-3-10(15)5-12)14(22)16-6-11-7-19(18-17-11)8-13(20)21/h2-5,7,9H,6,8H2,1H3,(H,16,22)(H,20,21). The zero-order valence-electron chi connectivity index (χ0n) is 12.3. The van der Waals surface area contributed by atoms with E-state index in [0.717, 1.165) is 4.47 Å². The summed E-state index contributed by atoms with van der Waals surface area (Å²) in [7, 11) is 0. The molecule has 0 aliphatic heterocycles. The van der Waals surface area contributed by atoms with Gasteiger partial charge in [-0.1, -0.05) is 27.2 Å². The van der Waals surface area contributed by atoms with Crippen molar-refractivity contribution in [2.75, 3.05) is 0 Å². The lowest BCUT2D eigenvalue weighted by Gasteiger charge is -2.14. The minimum atomic E-state index is -1.01. The molecule has 122 valence electrons. The van der Waals surface area contributed by atoms with Crippen LogP contribution < -0.4 is 10.1 Å². The molecule has 9 heteroatoms. The molecule has 1 aromatic carbocycles. The molecule has 1 atom stereocenters. The summed E-state index contributed by atoms with van der Waals surface area (Å²) in [5, 5.41) is 18.7. The summed E-state index contributed by atoms with van der Waals surface area (Å²) < 4.78 is 7.59. The summed E-state index contributed by atoms with van der Waals surface area (Å²) in [4.78, 5) is 22.5. The van der Waals surface area contributed by atoms with Crippen LogP contribution in [0.1, 0.15) is 12.6 Å². The van der Waals surface area contributed by atoms with Gasteiger partial charge in [0, 0.05) is 4.47 Å². The fourth-order valence-electron chi connectivity index (χ4n) is 1.75. The molecule has 0 fully saturated rings. The molecular weight excluding hydrogens is 368 g/mol. The van der Waals surface area contributed by atoms with Crippen LogP contribution in [0, 0.1) is 0 Å². The van der Waals surface area contributed by atoms with E-state index < -0.39 is 12.1 Å². The first-order valence-corrected chi connectivity index (χ1v) is 7.54. The molecule has 0 bridgehead atoms. The Labute approximate surface area is 140 Å². The predicted molar refractivity (Wildman–Crippen MR) is 83.7 cm³/mol. The number of hydrogen-bond donors (Lipinski definition) is 2. The van der Waals surface area contributed by atoms with Crippen molar-refractivity contribution < 1.29 is 19.4 Å². The maximum atomic E-state index is 12.0. The van der Waals surface area contributed by atoms with Gasteiger partial charge in [0.25, 0.3) is 5.91 Å². The Hall–Kier alpha value is -2.42. The van der Waals surface area contributed by atoms with Gasteiger partial charge in [-0.15, -0.1) is 5.10 Å². The largest absolute Gasteiger partial charge is 0.481 e. The number of ether oxygens (including phenoxy) is 1. The average molecular weight is 383 g/mol. The fourth-order valence-corrected chi connectivity index (χ4v) is 2.13. The average Bonchev–Trinajstić information content (AvgIpc) is 2.91. The SMILES string of the molecule is CC(Oc1cccc(Br)c1)C(=O)NCc1cn(CC(=O)O)nn1. The monoisotopic (exact) mass is 382 g/mol. The van der Waals surface area contributed by atoms with E-state index in [1.165, 1.54) is 10.9 Å². The molecular formula is C14H15BrN4O4. The van der Waals surface area contributed by atoms with E-state index >= 15 is 0 Å². The Kier molecular flexibility index (Phi) is 5.69. The maximum Gasteiger partial charge on any atom is 0.325 e. The molecule has 1 aromatic heterocycles. The number of carboxylic acids is 1. The van der Waals surface area contributed by atoms with Gasteiger partial charge in [-0.05, 0) is 25.1 Å². The fraction of sp³-hybridized carbons (Fsp3) is 0.286. The Bertz CT molecular complexity index is 704. The summed E-state index contributed by atoms with van der Waals surface area (Å²) in [6.07, 6.45) is 0.784. The normalized spacial score (nSPS) is 11.7. The van der Waals surface area contributed by atoms with Gasteiger partial charge in [-0.25, -0.2) is 4.68 Å². The van der Waals surface area contributed by atoms with Crippen LogP contribution in [0.25, 0.3) is 0 Å². The number of nitrogens with one attached hydrogen (secondary N) is 1. The number of amides is 1. The number of hydrogen-bond acceptors (Lipinski definition) is 5. The maximum absolute atomic E-state index is 12.0. The van der Waals surface area contributed by atoms with Gasteiger partial charge in [-0.2, -0.15) is 0 Å². The zero-order valence-corrected chi connectivity index (χ0v) is 13.9. The lowest BCUT2D eigenvalue weighted by molar-refractivity contribution is -0.138. The smallest absolute Gasteiger partial charge is 0.325 e. The minimum absolute atomic E-state index is 0.143. The second kappa shape index (κ2) is 7.73. The molecule has 2 rings (SSSR count). The van der Waals surface area contributed by atoms with Gasteiger partial charge in [-0.3, -0.25) is 9.59 Å². The Balaban J connectivity index is 1.84. The van der Waals surface area contributed by atoms with Gasteiger partial charge in [0.05, 0.1) is 12.7 Å². The first-order valence-electron chi connectivity index (χ1n) is 6.75. The third-order valence-corrected chi connectivity index (χ3v) is 3.30. The summed E-state index contributed by atoms with van der Waals surface area (Å²) in [6.45, 7) is 1.51. The van der Waals surface area contributed by atoms with Crippen molar-refractivity contribution in [3.05, 3.63) is 40.6 Å². The van der Waals surface area contributed by atoms with Crippen LogP contribution >= 0.6 is 15.9 Å². The molecule has 1 heterocycles. The highest BCUT2D eigenvalue weighted by atomic mass is 79.9. The number of carbonyl (C=O) groups excluding carboxylic acids is 1. The van der Waals surface area contributed by atoms with Crippen molar-refractivity contribution >= 4 is 27.8 Å². The molecule has 23 heavy (non-hydrogen) atoms. The van der Waals surface area contributed by atoms with Crippen molar-refractivity contribution in [3.63, 3.8) is 0 Å². The van der Waals surface area contributed by atoms with E-state index in [0.29, 0.717) is 11.4 Å². The topological polar surface area (TPSA) is 106 Å². The van der Waals surface area contributed by atoms with Gasteiger partial charge in [0.1, 0.15) is 18.0 Å². The molecule has 0 saturated heterocycles. The summed E-state index contributed by atoms with van der Waals surface area (Å²) in [5.41, 5.74) is 0.467. The van der Waals surface area contributed by atoms with Crippen molar-refractivity contribution in [2.45, 2.75) is 26.1 Å². The lowest BCUT2D eigenvalue weighted by Crippen LogP contribution is -2.36. The molecule has 2 aromatic rings. The highest BCUT2D eigenvalue weighted by Crippen LogP contribution is 2.18. The van der Waals surface area contributed by atoms with Gasteiger partial charge < -0.3 is 15.2 Å². The molecule has 1 unspecified atom stereocenters. The summed E-state index contributed by atoms with van der Waals surface area (Å²) in [6, 6.07) is 7.19. The first kappa shape index (κ1) is 16.9. The second-order valence-corrected chi connectivity index (χ2v) is 5.65. The van der Waals surface area contributed by atoms with E-state index in [4.69, 9.17) is 9.84 Å². The van der Waals surface area contributed by atoms with Gasteiger partial charge >= 0.3 is 5.97 Å². The Morgan fingerprint density at radius 3 is 2.96 bits per heavy atom. The number of nitrogens with zero attached hydrogens (tertiary/aromatic N) is 3. The summed E-state index contributed by atoms with van der Waals surface area (Å²) in [5.74, 6) is -0.742. The number of halogens is 1. The number of carbonyl (C=O) groups is 2. The number of benzene rings is 1. The molecule has 2 N–H and O–H groups in total. The third kappa shape index (κ3) is 5.37. The van der Waals surface area contributed by atoms with E-state index in [9.17, 15) is 9.59 Å². The van der Waals surface area contributed by atoms with E-state index in [1.807, 2.05) is 12.1 Å². The predicted octanol–water partition coefficient (Wildman–Crippen LogP) is 1.21. The van der Waals surface area contributed by atoms with Crippen LogP contribution in [0.2, 0.25) is 0 Å². The number of aromatic nitrogens is 3. The third-order valence-electron chi connectivity index (χ3n) is 2.81. The Morgan fingerprint density at radius 1 is 1.48 bits per heavy atom. The van der Waals surface area contributed by atoms with Gasteiger partial charge in [0.2, 0.25) is 0 Å². The van der Waals surface area contributed by atoms with Crippen molar-refractivity contribution in [1.82, 2.24) is 20.3 Å². The number of aliphatic carboxylic acids is 1. The van der Waals surface area contributed by atoms with E-state index in [2.05, 4.69) is 31.6 Å². The molecule has 0 aliphatic rings. The Morgan fingerprint density at radius 2 is 2.26 bits per heavy atom. The lowest BCUT2D eigenvalue weighted by atomic mass is 10.3. The molecule has 0 saturated carbocycles. The van der Waals surface area contributed by atoms with Crippen LogP contribution in [-0.2, 0) is 22.7 Å². The number of carboxylic acid groups (broad SMARTS) is 1. The van der Waals surface area contributed by atoms with Crippen LogP contribution in [0.4, 0.5) is 0 Å².